The van der Waals surface area contributed by atoms with Gasteiger partial charge in [-0.3, -0.25) is 19.2 Å². The van der Waals surface area contributed by atoms with Crippen LogP contribution in [0.4, 0.5) is 18.0 Å². The Hall–Kier alpha value is -4.66. The van der Waals surface area contributed by atoms with Crippen LogP contribution in [0.5, 0.6) is 5.75 Å². The Labute approximate surface area is 263 Å². The molecule has 0 N–H and O–H groups in total. The van der Waals surface area contributed by atoms with Crippen LogP contribution in [0.3, 0.4) is 0 Å². The number of carbonyl (C=O) groups excluding carboxylic acids is 4. The third kappa shape index (κ3) is 7.41. The molecule has 3 aliphatic rings. The van der Waals surface area contributed by atoms with E-state index in [2.05, 4.69) is 4.99 Å². The van der Waals surface area contributed by atoms with E-state index in [4.69, 9.17) is 14.3 Å². The summed E-state index contributed by atoms with van der Waals surface area (Å²) in [6, 6.07) is 11.7. The molecule has 0 atom stereocenters. The van der Waals surface area contributed by atoms with E-state index >= 15 is 0 Å². The van der Waals surface area contributed by atoms with Crippen LogP contribution in [0.1, 0.15) is 52.6 Å². The Morgan fingerprint density at radius 2 is 1.46 bits per heavy atom. The third-order valence-electron chi connectivity index (χ3n) is 7.46. The van der Waals surface area contributed by atoms with Gasteiger partial charge in [0.25, 0.3) is 11.8 Å². The van der Waals surface area contributed by atoms with Crippen LogP contribution in [-0.4, -0.2) is 107 Å². The van der Waals surface area contributed by atoms with Gasteiger partial charge in [-0.2, -0.15) is 18.2 Å². The first-order chi connectivity index (χ1) is 21.7. The molecule has 15 heteroatoms. The van der Waals surface area contributed by atoms with Crippen LogP contribution in [-0.2, 0) is 27.3 Å². The van der Waals surface area contributed by atoms with E-state index < -0.39 is 35.6 Å². The van der Waals surface area contributed by atoms with Crippen molar-refractivity contribution in [2.45, 2.75) is 45.5 Å². The number of aliphatic imine (C=N–C) groups is 1. The summed E-state index contributed by atoms with van der Waals surface area (Å²) in [6.45, 7) is 6.42. The Bertz CT molecular complexity index is 1510. The quantitative estimate of drug-likeness (QED) is 0.208. The molecule has 2 aromatic carbocycles. The number of ether oxygens (including phenoxy) is 2. The summed E-state index contributed by atoms with van der Waals surface area (Å²) >= 11 is 0. The van der Waals surface area contributed by atoms with Crippen molar-refractivity contribution in [3.05, 3.63) is 64.7 Å². The highest BCUT2D eigenvalue weighted by Crippen LogP contribution is 2.27. The number of nitrogens with zero attached hydrogens (tertiary/aromatic N) is 5. The summed E-state index contributed by atoms with van der Waals surface area (Å²) in [5, 5.41) is 0.718. The maximum Gasteiger partial charge on any atom is 0.473 e. The standard InChI is InChI=1S/C31H34F3N5O7/c1-30(2,3)46-29(43)37-14-12-36(13-15-37)28(35-27(42)31(32,33)34)38-11-10-20-18-22(9-8-21(20)19-38)44-16-17-45-39-25(40)23-6-4-5-7-24(23)26(39)41/h4-9,18H,10-17,19H2,1-3H3. The van der Waals surface area contributed by atoms with Gasteiger partial charge in [-0.1, -0.05) is 18.2 Å². The van der Waals surface area contributed by atoms with E-state index in [9.17, 15) is 32.3 Å². The Kier molecular flexibility index (Phi) is 9.24. The summed E-state index contributed by atoms with van der Waals surface area (Å²) in [7, 11) is 0. The van der Waals surface area contributed by atoms with E-state index in [1.807, 2.05) is 6.07 Å². The van der Waals surface area contributed by atoms with Crippen molar-refractivity contribution in [3.8, 4) is 5.75 Å². The zero-order chi connectivity index (χ0) is 33.2. The van der Waals surface area contributed by atoms with Crippen molar-refractivity contribution in [2.24, 2.45) is 4.99 Å². The van der Waals surface area contributed by atoms with Gasteiger partial charge in [-0.25, -0.2) is 4.79 Å². The number of carbonyl (C=O) groups is 4. The van der Waals surface area contributed by atoms with E-state index in [1.54, 1.807) is 67.0 Å². The number of halogens is 3. The molecular formula is C31H34F3N5O7. The van der Waals surface area contributed by atoms with Gasteiger partial charge < -0.3 is 24.2 Å². The van der Waals surface area contributed by atoms with E-state index in [0.29, 0.717) is 12.2 Å². The lowest BCUT2D eigenvalue weighted by Crippen LogP contribution is -2.56. The molecule has 4 amide bonds. The summed E-state index contributed by atoms with van der Waals surface area (Å²) in [5.74, 6) is -2.86. The average molecular weight is 646 g/mol. The van der Waals surface area contributed by atoms with Crippen molar-refractivity contribution >= 4 is 29.8 Å². The lowest BCUT2D eigenvalue weighted by Gasteiger charge is -2.41. The van der Waals surface area contributed by atoms with Gasteiger partial charge in [-0.05, 0) is 62.6 Å². The van der Waals surface area contributed by atoms with Crippen molar-refractivity contribution in [1.82, 2.24) is 19.8 Å². The number of hydroxylamine groups is 2. The maximum atomic E-state index is 13.2. The van der Waals surface area contributed by atoms with Crippen molar-refractivity contribution in [3.63, 3.8) is 0 Å². The number of piperazine rings is 1. The number of guanidine groups is 1. The topological polar surface area (TPSA) is 121 Å². The number of hydrogen-bond donors (Lipinski definition) is 0. The van der Waals surface area contributed by atoms with Gasteiger partial charge in [0.05, 0.1) is 11.1 Å². The van der Waals surface area contributed by atoms with Gasteiger partial charge in [0.1, 0.15) is 24.6 Å². The zero-order valence-electron chi connectivity index (χ0n) is 25.6. The summed E-state index contributed by atoms with van der Waals surface area (Å²) in [4.78, 5) is 62.9. The molecule has 0 aliphatic carbocycles. The first kappa shape index (κ1) is 32.7. The minimum atomic E-state index is -5.13. The molecule has 0 unspecified atom stereocenters. The lowest BCUT2D eigenvalue weighted by molar-refractivity contribution is -0.169. The molecule has 0 spiro atoms. The Morgan fingerprint density at radius 1 is 0.826 bits per heavy atom. The molecule has 1 saturated heterocycles. The van der Waals surface area contributed by atoms with Crippen LogP contribution >= 0.6 is 0 Å². The molecule has 5 rings (SSSR count). The molecule has 0 saturated carbocycles. The van der Waals surface area contributed by atoms with Gasteiger partial charge in [0.15, 0.2) is 0 Å². The van der Waals surface area contributed by atoms with Gasteiger partial charge in [0.2, 0.25) is 5.96 Å². The molecule has 3 heterocycles. The Balaban J connectivity index is 1.19. The second-order valence-electron chi connectivity index (χ2n) is 11.9. The summed E-state index contributed by atoms with van der Waals surface area (Å²) < 4.78 is 50.9. The summed E-state index contributed by atoms with van der Waals surface area (Å²) in [6.07, 6.45) is -5.21. The van der Waals surface area contributed by atoms with E-state index in [1.165, 1.54) is 4.90 Å². The monoisotopic (exact) mass is 645 g/mol. The maximum absolute atomic E-state index is 13.2. The predicted molar refractivity (Wildman–Crippen MR) is 157 cm³/mol. The highest BCUT2D eigenvalue weighted by molar-refractivity contribution is 6.20. The lowest BCUT2D eigenvalue weighted by atomic mass is 9.99. The minimum Gasteiger partial charge on any atom is -0.491 e. The largest absolute Gasteiger partial charge is 0.491 e. The van der Waals surface area contributed by atoms with Crippen LogP contribution in [0, 0.1) is 0 Å². The molecular weight excluding hydrogens is 611 g/mol. The number of hydrogen-bond acceptors (Lipinski definition) is 7. The predicted octanol–water partition coefficient (Wildman–Crippen LogP) is 3.65. The molecule has 12 nitrogen and oxygen atoms in total. The number of benzene rings is 2. The molecule has 2 aromatic rings. The number of rotatable bonds is 5. The van der Waals surface area contributed by atoms with Gasteiger partial charge >= 0.3 is 18.2 Å². The molecule has 46 heavy (non-hydrogen) atoms. The van der Waals surface area contributed by atoms with Crippen molar-refractivity contribution in [2.75, 3.05) is 45.9 Å². The molecule has 0 radical (unpaired) electrons. The highest BCUT2D eigenvalue weighted by atomic mass is 19.4. The van der Waals surface area contributed by atoms with Crippen LogP contribution in [0.15, 0.2) is 47.5 Å². The molecule has 246 valence electrons. The van der Waals surface area contributed by atoms with Crippen LogP contribution in [0.2, 0.25) is 0 Å². The SMILES string of the molecule is CC(C)(C)OC(=O)N1CCN(C(=NC(=O)C(F)(F)F)N2CCc3cc(OCCON4C(=O)c5ccccc5C4=O)ccc3C2)CC1. The number of amides is 4. The van der Waals surface area contributed by atoms with Crippen LogP contribution < -0.4 is 4.74 Å². The van der Waals surface area contributed by atoms with Gasteiger partial charge in [0, 0.05) is 39.3 Å². The fourth-order valence-electron chi connectivity index (χ4n) is 5.27. The zero-order valence-corrected chi connectivity index (χ0v) is 25.6. The first-order valence-corrected chi connectivity index (χ1v) is 14.7. The van der Waals surface area contributed by atoms with Crippen molar-refractivity contribution < 1.29 is 46.7 Å². The number of fused-ring (bicyclic) bond motifs is 2. The second kappa shape index (κ2) is 13.0. The third-order valence-corrected chi connectivity index (χ3v) is 7.46. The van der Waals surface area contributed by atoms with Crippen LogP contribution in [0.25, 0.3) is 0 Å². The molecule has 0 bridgehead atoms. The normalized spacial score (nSPS) is 17.2. The molecule has 3 aliphatic heterocycles. The fraction of sp³-hybridized carbons (Fsp3) is 0.452. The van der Waals surface area contributed by atoms with E-state index in [0.717, 1.165) is 16.2 Å². The number of alkyl halides is 3. The number of imide groups is 1. The van der Waals surface area contributed by atoms with Gasteiger partial charge in [-0.15, -0.1) is 5.06 Å². The average Bonchev–Trinajstić information content (AvgIpc) is 3.25. The molecule has 1 fully saturated rings. The Morgan fingerprint density at radius 3 is 2.07 bits per heavy atom. The fourth-order valence-corrected chi connectivity index (χ4v) is 5.27. The second-order valence-corrected chi connectivity index (χ2v) is 11.9. The smallest absolute Gasteiger partial charge is 0.473 e. The van der Waals surface area contributed by atoms with E-state index in [-0.39, 0.29) is 69.6 Å². The first-order valence-electron chi connectivity index (χ1n) is 14.7. The van der Waals surface area contributed by atoms with Crippen molar-refractivity contribution in [1.29, 1.82) is 0 Å². The minimum absolute atomic E-state index is 0.0456. The molecule has 0 aromatic heterocycles. The summed E-state index contributed by atoms with van der Waals surface area (Å²) in [5.41, 5.74) is 1.58. The highest BCUT2D eigenvalue weighted by Gasteiger charge is 2.41.